The molecule has 0 saturated carbocycles. The smallest absolute Gasteiger partial charge is 0.422 e. The van der Waals surface area contributed by atoms with E-state index < -0.39 is 17.8 Å². The van der Waals surface area contributed by atoms with Gasteiger partial charge in [-0.2, -0.15) is 9.47 Å². The molecule has 2 rings (SSSR count). The number of hydrogen-bond donors (Lipinski definition) is 1. The Morgan fingerprint density at radius 3 is 2.48 bits per heavy atom. The molecule has 8 nitrogen and oxygen atoms in total. The highest BCUT2D eigenvalue weighted by Gasteiger charge is 2.28. The van der Waals surface area contributed by atoms with Crippen LogP contribution in [0, 0.1) is 4.91 Å². The van der Waals surface area contributed by atoms with E-state index in [1.165, 1.54) is 6.08 Å². The molecule has 144 valence electrons. The summed E-state index contributed by atoms with van der Waals surface area (Å²) in [4.78, 5) is 35.9. The molecule has 27 heavy (non-hydrogen) atoms. The van der Waals surface area contributed by atoms with E-state index >= 15 is 0 Å². The number of nitrogens with zero attached hydrogens (tertiary/aromatic N) is 3. The predicted molar refractivity (Wildman–Crippen MR) is 102 cm³/mol. The Morgan fingerprint density at radius 2 is 1.96 bits per heavy atom. The van der Waals surface area contributed by atoms with Crippen LogP contribution in [0.1, 0.15) is 50.4 Å². The molecular formula is C19H23N3O5. The van der Waals surface area contributed by atoms with Gasteiger partial charge in [0.05, 0.1) is 11.4 Å². The summed E-state index contributed by atoms with van der Waals surface area (Å²) in [5, 5.41) is 13.6. The Hall–Kier alpha value is -3.16. The van der Waals surface area contributed by atoms with Gasteiger partial charge < -0.3 is 9.84 Å². The second-order valence-electron chi connectivity index (χ2n) is 6.21. The van der Waals surface area contributed by atoms with Crippen molar-refractivity contribution in [2.24, 2.45) is 5.18 Å². The van der Waals surface area contributed by atoms with Gasteiger partial charge in [0.15, 0.2) is 0 Å². The fourth-order valence-corrected chi connectivity index (χ4v) is 2.71. The molecule has 0 aliphatic rings. The number of nitroso groups, excluding NO2 is 1. The lowest BCUT2D eigenvalue weighted by molar-refractivity contribution is 0.157. The van der Waals surface area contributed by atoms with Crippen molar-refractivity contribution in [3.05, 3.63) is 63.6 Å². The Balaban J connectivity index is 2.62. The molecule has 1 heterocycles. The van der Waals surface area contributed by atoms with Crippen LogP contribution in [-0.2, 0) is 4.74 Å². The first kappa shape index (κ1) is 20.2. The molecule has 0 aliphatic heterocycles. The second kappa shape index (κ2) is 8.48. The average molecular weight is 373 g/mol. The highest BCUT2D eigenvalue weighted by Crippen LogP contribution is 2.30. The normalized spacial score (nSPS) is 13.0. The zero-order chi connectivity index (χ0) is 20.1. The Labute approximate surface area is 156 Å². The van der Waals surface area contributed by atoms with Crippen molar-refractivity contribution >= 4 is 6.09 Å². The van der Waals surface area contributed by atoms with Crippen LogP contribution < -0.4 is 5.69 Å². The zero-order valence-electron chi connectivity index (χ0n) is 15.6. The third-order valence-corrected chi connectivity index (χ3v) is 4.44. The standard InChI is InChI=1S/C19H23N3O5/c1-5-11-27-19(25)22-16(12(3)6-2)17(23)21(18(22)24)15-9-7-14(8-10-15)13(4)20-26/h5,7-10,12-13,23H,1,6,11H2,2-4H3. The third kappa shape index (κ3) is 3.84. The molecule has 0 bridgehead atoms. The lowest BCUT2D eigenvalue weighted by Crippen LogP contribution is -2.31. The minimum Gasteiger partial charge on any atom is -0.493 e. The van der Waals surface area contributed by atoms with E-state index in [4.69, 9.17) is 4.74 Å². The van der Waals surface area contributed by atoms with Crippen molar-refractivity contribution < 1.29 is 14.6 Å². The molecule has 0 aliphatic carbocycles. The van der Waals surface area contributed by atoms with E-state index in [0.717, 1.165) is 9.13 Å². The molecule has 1 N–H and O–H groups in total. The van der Waals surface area contributed by atoms with E-state index in [1.807, 2.05) is 6.92 Å². The van der Waals surface area contributed by atoms with Crippen LogP contribution in [0.3, 0.4) is 0 Å². The molecule has 0 radical (unpaired) electrons. The number of carbonyl (C=O) groups is 1. The summed E-state index contributed by atoms with van der Waals surface area (Å²) in [6.45, 7) is 8.76. The van der Waals surface area contributed by atoms with Gasteiger partial charge >= 0.3 is 11.8 Å². The van der Waals surface area contributed by atoms with Crippen LogP contribution in [0.2, 0.25) is 0 Å². The molecular weight excluding hydrogens is 350 g/mol. The SMILES string of the molecule is C=CCOC(=O)n1c(C(C)CC)c(O)n(-c2ccc(C(C)N=O)cc2)c1=O. The van der Waals surface area contributed by atoms with Gasteiger partial charge in [0.1, 0.15) is 12.6 Å². The first-order chi connectivity index (χ1) is 12.9. The number of ether oxygens (including phenoxy) is 1. The Kier molecular flexibility index (Phi) is 6.33. The number of rotatable bonds is 7. The van der Waals surface area contributed by atoms with Crippen molar-refractivity contribution in [3.63, 3.8) is 0 Å². The minimum absolute atomic E-state index is 0.0531. The molecule has 2 unspecified atom stereocenters. The maximum atomic E-state index is 12.9. The molecule has 1 aromatic carbocycles. The van der Waals surface area contributed by atoms with Gasteiger partial charge in [-0.1, -0.05) is 43.8 Å². The molecule has 0 spiro atoms. The molecule has 2 aromatic rings. The number of aromatic nitrogens is 2. The van der Waals surface area contributed by atoms with Crippen LogP contribution in [0.4, 0.5) is 4.79 Å². The molecule has 2 atom stereocenters. The molecule has 0 amide bonds. The van der Waals surface area contributed by atoms with E-state index in [2.05, 4.69) is 11.8 Å². The Bertz CT molecular complexity index is 895. The topological polar surface area (TPSA) is 103 Å². The monoisotopic (exact) mass is 373 g/mol. The molecule has 0 saturated heterocycles. The summed E-state index contributed by atoms with van der Waals surface area (Å²) < 4.78 is 6.88. The largest absolute Gasteiger partial charge is 0.493 e. The summed E-state index contributed by atoms with van der Waals surface area (Å²) in [6.07, 6.45) is 1.12. The molecule has 0 fully saturated rings. The summed E-state index contributed by atoms with van der Waals surface area (Å²) in [5.74, 6) is -0.576. The van der Waals surface area contributed by atoms with E-state index in [9.17, 15) is 19.6 Å². The first-order valence-corrected chi connectivity index (χ1v) is 8.64. The molecule has 1 aromatic heterocycles. The van der Waals surface area contributed by atoms with Crippen molar-refractivity contribution in [1.82, 2.24) is 9.13 Å². The number of carbonyl (C=O) groups excluding carboxylic acids is 1. The third-order valence-electron chi connectivity index (χ3n) is 4.44. The maximum absolute atomic E-state index is 12.9. The van der Waals surface area contributed by atoms with E-state index in [0.29, 0.717) is 17.7 Å². The van der Waals surface area contributed by atoms with Crippen LogP contribution >= 0.6 is 0 Å². The fraction of sp³-hybridized carbons (Fsp3) is 0.368. The number of hydrogen-bond acceptors (Lipinski definition) is 6. The summed E-state index contributed by atoms with van der Waals surface area (Å²) in [6, 6.07) is 5.92. The number of imidazole rings is 1. The summed E-state index contributed by atoms with van der Waals surface area (Å²) in [5.41, 5.74) is 0.488. The highest BCUT2D eigenvalue weighted by atomic mass is 16.5. The highest BCUT2D eigenvalue weighted by molar-refractivity contribution is 5.72. The minimum atomic E-state index is -0.875. The predicted octanol–water partition coefficient (Wildman–Crippen LogP) is 3.86. The van der Waals surface area contributed by atoms with Gasteiger partial charge in [-0.25, -0.2) is 14.2 Å². The number of benzene rings is 1. The van der Waals surface area contributed by atoms with Crippen molar-refractivity contribution in [3.8, 4) is 11.6 Å². The van der Waals surface area contributed by atoms with Crippen molar-refractivity contribution in [1.29, 1.82) is 0 Å². The maximum Gasteiger partial charge on any atom is 0.422 e. The quantitative estimate of drug-likeness (QED) is 0.586. The van der Waals surface area contributed by atoms with Crippen LogP contribution in [0.25, 0.3) is 5.69 Å². The van der Waals surface area contributed by atoms with Gasteiger partial charge in [-0.15, -0.1) is 0 Å². The molecule has 8 heteroatoms. The van der Waals surface area contributed by atoms with Crippen molar-refractivity contribution in [2.75, 3.05) is 6.61 Å². The van der Waals surface area contributed by atoms with Crippen LogP contribution in [-0.4, -0.2) is 26.9 Å². The summed E-state index contributed by atoms with van der Waals surface area (Å²) >= 11 is 0. The second-order valence-corrected chi connectivity index (χ2v) is 6.21. The zero-order valence-corrected chi connectivity index (χ0v) is 15.6. The number of aromatic hydroxyl groups is 1. The van der Waals surface area contributed by atoms with Gasteiger partial charge in [0.25, 0.3) is 0 Å². The van der Waals surface area contributed by atoms with E-state index in [1.54, 1.807) is 38.1 Å². The van der Waals surface area contributed by atoms with Gasteiger partial charge in [0, 0.05) is 5.92 Å². The lowest BCUT2D eigenvalue weighted by Gasteiger charge is -2.11. The fourth-order valence-electron chi connectivity index (χ4n) is 2.71. The summed E-state index contributed by atoms with van der Waals surface area (Å²) in [7, 11) is 0. The van der Waals surface area contributed by atoms with Gasteiger partial charge in [-0.3, -0.25) is 0 Å². The van der Waals surface area contributed by atoms with Crippen LogP contribution in [0.5, 0.6) is 5.88 Å². The lowest BCUT2D eigenvalue weighted by atomic mass is 10.1. The average Bonchev–Trinajstić information content (AvgIpc) is 2.95. The van der Waals surface area contributed by atoms with Crippen LogP contribution in [0.15, 0.2) is 46.9 Å². The van der Waals surface area contributed by atoms with E-state index in [-0.39, 0.29) is 24.1 Å². The first-order valence-electron chi connectivity index (χ1n) is 8.64. The van der Waals surface area contributed by atoms with Gasteiger partial charge in [-0.05, 0) is 31.0 Å². The Morgan fingerprint density at radius 1 is 1.33 bits per heavy atom. The van der Waals surface area contributed by atoms with Gasteiger partial charge in [0.2, 0.25) is 5.88 Å². The van der Waals surface area contributed by atoms with Crippen molar-refractivity contribution in [2.45, 2.75) is 39.2 Å².